The zero-order chi connectivity index (χ0) is 15.9. The molecular weight excluding hydrogens is 256 g/mol. The molecular formula is C16H22O4. The first kappa shape index (κ1) is 16.4. The Hall–Kier alpha value is -1.68. The van der Waals surface area contributed by atoms with Gasteiger partial charge in [-0.2, -0.15) is 0 Å². The Morgan fingerprint density at radius 1 is 1.35 bits per heavy atom. The first-order chi connectivity index (χ1) is 9.00. The minimum absolute atomic E-state index is 0.0573. The van der Waals surface area contributed by atoms with Crippen molar-refractivity contribution in [3.8, 4) is 0 Å². The average Bonchev–Trinajstić information content (AvgIpc) is 2.33. The summed E-state index contributed by atoms with van der Waals surface area (Å²) in [6.07, 6.45) is 1.52. The second-order valence-electron chi connectivity index (χ2n) is 6.01. The average molecular weight is 278 g/mol. The van der Waals surface area contributed by atoms with Gasteiger partial charge in [-0.3, -0.25) is 4.79 Å². The third kappa shape index (κ3) is 2.14. The lowest BCUT2D eigenvalue weighted by atomic mass is 9.59. The highest BCUT2D eigenvalue weighted by molar-refractivity contribution is 6.00. The molecule has 2 N–H and O–H groups in total. The van der Waals surface area contributed by atoms with E-state index >= 15 is 0 Å². The molecule has 0 spiro atoms. The summed E-state index contributed by atoms with van der Waals surface area (Å²) in [5, 5.41) is 20.7. The predicted octanol–water partition coefficient (Wildman–Crippen LogP) is 2.64. The number of hydrogen-bond acceptors (Lipinski definition) is 3. The van der Waals surface area contributed by atoms with Gasteiger partial charge < -0.3 is 10.2 Å². The maximum Gasteiger partial charge on any atom is 0.335 e. The van der Waals surface area contributed by atoms with E-state index in [-0.39, 0.29) is 17.8 Å². The standard InChI is InChI=1S/C16H22O4/c1-7-9(2)13(14(18)19)16(20)11(4)10(3)12(17)8-15(16,5)6/h7,20H,1,8H2,2-6H3,(H,18,19)/b13-9+/t16-/m0/s1. The van der Waals surface area contributed by atoms with E-state index in [1.165, 1.54) is 6.08 Å². The van der Waals surface area contributed by atoms with Crippen LogP contribution in [0.5, 0.6) is 0 Å². The molecule has 0 aliphatic heterocycles. The van der Waals surface area contributed by atoms with Crippen molar-refractivity contribution in [2.45, 2.75) is 46.6 Å². The molecule has 0 saturated carbocycles. The van der Waals surface area contributed by atoms with E-state index in [0.717, 1.165) is 0 Å². The maximum atomic E-state index is 12.0. The molecule has 4 nitrogen and oxygen atoms in total. The summed E-state index contributed by atoms with van der Waals surface area (Å²) in [6, 6.07) is 0. The summed E-state index contributed by atoms with van der Waals surface area (Å²) in [4.78, 5) is 23.6. The minimum atomic E-state index is -1.69. The van der Waals surface area contributed by atoms with Gasteiger partial charge in [-0.1, -0.05) is 26.5 Å². The van der Waals surface area contributed by atoms with Crippen LogP contribution in [0.1, 0.15) is 41.0 Å². The van der Waals surface area contributed by atoms with Crippen LogP contribution >= 0.6 is 0 Å². The fourth-order valence-electron chi connectivity index (χ4n) is 2.89. The summed E-state index contributed by atoms with van der Waals surface area (Å²) in [6.45, 7) is 11.8. The van der Waals surface area contributed by atoms with E-state index in [0.29, 0.717) is 16.7 Å². The van der Waals surface area contributed by atoms with E-state index in [1.54, 1.807) is 34.6 Å². The van der Waals surface area contributed by atoms with Gasteiger partial charge in [0.15, 0.2) is 5.78 Å². The molecule has 0 heterocycles. The molecule has 110 valence electrons. The van der Waals surface area contributed by atoms with Gasteiger partial charge in [0.1, 0.15) is 5.60 Å². The van der Waals surface area contributed by atoms with Crippen LogP contribution in [-0.4, -0.2) is 27.6 Å². The number of carboxylic acid groups (broad SMARTS) is 1. The lowest BCUT2D eigenvalue weighted by Crippen LogP contribution is -2.53. The number of carboxylic acids is 1. The second-order valence-corrected chi connectivity index (χ2v) is 6.01. The van der Waals surface area contributed by atoms with Crippen molar-refractivity contribution < 1.29 is 19.8 Å². The zero-order valence-corrected chi connectivity index (χ0v) is 12.7. The normalized spacial score (nSPS) is 27.2. The number of allylic oxidation sites excluding steroid dienone is 3. The van der Waals surface area contributed by atoms with Gasteiger partial charge in [0.05, 0.1) is 5.57 Å². The summed E-state index contributed by atoms with van der Waals surface area (Å²) in [7, 11) is 0. The van der Waals surface area contributed by atoms with Gasteiger partial charge in [0.2, 0.25) is 0 Å². The van der Waals surface area contributed by atoms with Crippen molar-refractivity contribution in [2.75, 3.05) is 0 Å². The topological polar surface area (TPSA) is 74.6 Å². The van der Waals surface area contributed by atoms with Crippen molar-refractivity contribution >= 4 is 11.8 Å². The van der Waals surface area contributed by atoms with Crippen molar-refractivity contribution in [2.24, 2.45) is 5.41 Å². The molecule has 0 radical (unpaired) electrons. The molecule has 0 saturated heterocycles. The maximum absolute atomic E-state index is 12.0. The van der Waals surface area contributed by atoms with Gasteiger partial charge in [0.25, 0.3) is 0 Å². The Morgan fingerprint density at radius 2 is 1.85 bits per heavy atom. The van der Waals surface area contributed by atoms with Gasteiger partial charge in [0, 0.05) is 11.8 Å². The largest absolute Gasteiger partial charge is 0.478 e. The first-order valence-corrected chi connectivity index (χ1v) is 6.51. The van der Waals surface area contributed by atoms with Crippen LogP contribution in [0.15, 0.2) is 34.9 Å². The molecule has 0 unspecified atom stereocenters. The Bertz CT molecular complexity index is 549. The molecule has 0 bridgehead atoms. The van der Waals surface area contributed by atoms with Crippen molar-refractivity contribution in [3.05, 3.63) is 34.9 Å². The first-order valence-electron chi connectivity index (χ1n) is 6.51. The molecule has 1 atom stereocenters. The summed E-state index contributed by atoms with van der Waals surface area (Å²) >= 11 is 0. The van der Waals surface area contributed by atoms with Crippen LogP contribution in [0.3, 0.4) is 0 Å². The molecule has 0 aromatic rings. The molecule has 1 aliphatic rings. The number of carbonyl (C=O) groups is 2. The Balaban J connectivity index is 3.79. The molecule has 1 aliphatic carbocycles. The Kier molecular flexibility index (Phi) is 4.11. The van der Waals surface area contributed by atoms with E-state index in [9.17, 15) is 19.8 Å². The van der Waals surface area contributed by atoms with Crippen LogP contribution < -0.4 is 0 Å². The summed E-state index contributed by atoms with van der Waals surface area (Å²) in [5.74, 6) is -1.25. The number of ketones is 1. The van der Waals surface area contributed by atoms with Crippen molar-refractivity contribution in [1.82, 2.24) is 0 Å². The molecule has 0 amide bonds. The van der Waals surface area contributed by atoms with Crippen molar-refractivity contribution in [3.63, 3.8) is 0 Å². The van der Waals surface area contributed by atoms with E-state index in [2.05, 4.69) is 6.58 Å². The van der Waals surface area contributed by atoms with Gasteiger partial charge in [-0.15, -0.1) is 0 Å². The second kappa shape index (κ2) is 5.02. The fourth-order valence-corrected chi connectivity index (χ4v) is 2.89. The lowest BCUT2D eigenvalue weighted by Gasteiger charge is -2.47. The molecule has 4 heteroatoms. The zero-order valence-electron chi connectivity index (χ0n) is 12.7. The van der Waals surface area contributed by atoms with Crippen LogP contribution in [0.2, 0.25) is 0 Å². The van der Waals surface area contributed by atoms with Crippen LogP contribution in [0, 0.1) is 5.41 Å². The van der Waals surface area contributed by atoms with Gasteiger partial charge >= 0.3 is 5.97 Å². The summed E-state index contributed by atoms with van der Waals surface area (Å²) in [5.41, 5.74) is -1.46. The minimum Gasteiger partial charge on any atom is -0.478 e. The summed E-state index contributed by atoms with van der Waals surface area (Å²) < 4.78 is 0. The van der Waals surface area contributed by atoms with Crippen LogP contribution in [0.4, 0.5) is 0 Å². The number of Topliss-reactive ketones (excluding diaryl/α,β-unsaturated/α-hetero) is 1. The van der Waals surface area contributed by atoms with Gasteiger partial charge in [-0.25, -0.2) is 4.79 Å². The van der Waals surface area contributed by atoms with Gasteiger partial charge in [-0.05, 0) is 37.5 Å². The van der Waals surface area contributed by atoms with Crippen molar-refractivity contribution in [1.29, 1.82) is 0 Å². The van der Waals surface area contributed by atoms with Crippen LogP contribution in [0.25, 0.3) is 0 Å². The molecule has 1 rings (SSSR count). The highest BCUT2D eigenvalue weighted by Crippen LogP contribution is 2.50. The smallest absolute Gasteiger partial charge is 0.335 e. The molecule has 20 heavy (non-hydrogen) atoms. The number of carbonyl (C=O) groups excluding carboxylic acids is 1. The fraction of sp³-hybridized carbons (Fsp3) is 0.500. The number of aliphatic hydroxyl groups is 1. The Labute approximate surface area is 119 Å². The highest BCUT2D eigenvalue weighted by Gasteiger charge is 2.54. The van der Waals surface area contributed by atoms with E-state index in [1.807, 2.05) is 0 Å². The van der Waals surface area contributed by atoms with E-state index in [4.69, 9.17) is 0 Å². The highest BCUT2D eigenvalue weighted by atomic mass is 16.4. The number of hydrogen-bond donors (Lipinski definition) is 2. The molecule has 0 fully saturated rings. The Morgan fingerprint density at radius 3 is 2.25 bits per heavy atom. The number of rotatable bonds is 3. The number of aliphatic carboxylic acids is 1. The molecule has 0 aromatic heterocycles. The predicted molar refractivity (Wildman–Crippen MR) is 77.3 cm³/mol. The molecule has 0 aromatic carbocycles. The SMILES string of the molecule is C=C/C(C)=C(\C(=O)O)[C@@]1(O)C(C)=C(C)C(=O)CC1(C)C. The lowest BCUT2D eigenvalue weighted by molar-refractivity contribution is -0.139. The monoisotopic (exact) mass is 278 g/mol. The van der Waals surface area contributed by atoms with E-state index < -0.39 is 17.0 Å². The quantitative estimate of drug-likeness (QED) is 0.614. The third-order valence-electron chi connectivity index (χ3n) is 4.38. The third-order valence-corrected chi connectivity index (χ3v) is 4.38. The van der Waals surface area contributed by atoms with Crippen LogP contribution in [-0.2, 0) is 9.59 Å².